The summed E-state index contributed by atoms with van der Waals surface area (Å²) in [5.41, 5.74) is 0.860. The third-order valence-corrected chi connectivity index (χ3v) is 3.47. The molecule has 1 rings (SSSR count). The summed E-state index contributed by atoms with van der Waals surface area (Å²) >= 11 is 0. The summed E-state index contributed by atoms with van der Waals surface area (Å²) in [6, 6.07) is 0. The number of rotatable bonds is 3. The van der Waals surface area contributed by atoms with E-state index in [1.54, 1.807) is 0 Å². The number of hydrogen-bond acceptors (Lipinski definition) is 4. The molecule has 19 heavy (non-hydrogen) atoms. The Morgan fingerprint density at radius 3 is 2.21 bits per heavy atom. The van der Waals surface area contributed by atoms with Crippen LogP contribution in [-0.4, -0.2) is 13.4 Å². The third-order valence-electron chi connectivity index (χ3n) is 2.14. The summed E-state index contributed by atoms with van der Waals surface area (Å²) in [5, 5.41) is 0. The first-order chi connectivity index (χ1) is 8.50. The van der Waals surface area contributed by atoms with Crippen LogP contribution in [0.5, 0.6) is 0 Å². The zero-order valence-corrected chi connectivity index (χ0v) is 10.5. The molecule has 0 aromatic carbocycles. The van der Waals surface area contributed by atoms with Crippen molar-refractivity contribution in [2.24, 2.45) is 5.73 Å². The fraction of sp³-hybridized carbons (Fsp3) is 0.375. The highest BCUT2D eigenvalue weighted by molar-refractivity contribution is 8.13. The first-order valence-electron chi connectivity index (χ1n) is 4.52. The average Bonchev–Trinajstić information content (AvgIpc) is 2.24. The number of alkyl halides is 5. The summed E-state index contributed by atoms with van der Waals surface area (Å²) in [7, 11) is 0.0321. The van der Waals surface area contributed by atoms with Crippen molar-refractivity contribution in [3.63, 3.8) is 0 Å². The highest BCUT2D eigenvalue weighted by atomic mass is 35.7. The van der Waals surface area contributed by atoms with Crippen LogP contribution in [0.1, 0.15) is 23.2 Å². The second-order valence-corrected chi connectivity index (χ2v) is 5.84. The van der Waals surface area contributed by atoms with Crippen LogP contribution in [0.3, 0.4) is 0 Å². The van der Waals surface area contributed by atoms with Gasteiger partial charge < -0.3 is 5.73 Å². The molecule has 1 aromatic rings. The quantitative estimate of drug-likeness (QED) is 0.684. The Morgan fingerprint density at radius 1 is 1.37 bits per heavy atom. The van der Waals surface area contributed by atoms with Gasteiger partial charge in [-0.05, 0) is 0 Å². The number of hydrogen-bond donors (Lipinski definition) is 1. The van der Waals surface area contributed by atoms with Gasteiger partial charge >= 0.3 is 6.18 Å². The molecule has 0 amide bonds. The van der Waals surface area contributed by atoms with E-state index in [4.69, 9.17) is 16.4 Å². The first-order valence-corrected chi connectivity index (χ1v) is 6.83. The topological polar surface area (TPSA) is 73.0 Å². The van der Waals surface area contributed by atoms with Crippen LogP contribution >= 0.6 is 10.7 Å². The van der Waals surface area contributed by atoms with E-state index in [1.807, 2.05) is 0 Å². The fourth-order valence-corrected chi connectivity index (χ4v) is 2.45. The highest BCUT2D eigenvalue weighted by Crippen LogP contribution is 2.40. The molecule has 1 aromatic heterocycles. The summed E-state index contributed by atoms with van der Waals surface area (Å²) in [6.07, 6.45) is -8.39. The van der Waals surface area contributed by atoms with E-state index in [0.29, 0.717) is 0 Å². The van der Waals surface area contributed by atoms with E-state index >= 15 is 0 Å². The molecule has 0 aliphatic rings. The normalized spacial score (nSPS) is 13.1. The van der Waals surface area contributed by atoms with Gasteiger partial charge in [0, 0.05) is 29.0 Å². The minimum atomic E-state index is -5.21. The van der Waals surface area contributed by atoms with Crippen molar-refractivity contribution < 1.29 is 30.4 Å². The van der Waals surface area contributed by atoms with Gasteiger partial charge in [-0.1, -0.05) is 0 Å². The zero-order chi connectivity index (χ0) is 15.0. The number of pyridine rings is 1. The highest BCUT2D eigenvalue weighted by Gasteiger charge is 2.41. The van der Waals surface area contributed by atoms with Crippen molar-refractivity contribution in [1.29, 1.82) is 0 Å². The molecule has 0 radical (unpaired) electrons. The van der Waals surface area contributed by atoms with E-state index in [9.17, 15) is 30.4 Å². The van der Waals surface area contributed by atoms with Gasteiger partial charge in [0.25, 0.3) is 15.5 Å². The van der Waals surface area contributed by atoms with Crippen LogP contribution in [0.2, 0.25) is 0 Å². The molecular weight excluding hydrogens is 319 g/mol. The van der Waals surface area contributed by atoms with Gasteiger partial charge in [-0.15, -0.1) is 0 Å². The predicted octanol–water partition coefficient (Wildman–Crippen LogP) is 2.42. The number of halogens is 6. The summed E-state index contributed by atoms with van der Waals surface area (Å²) in [4.78, 5) is 1.60. The Hall–Kier alpha value is -1.00. The van der Waals surface area contributed by atoms with Crippen molar-refractivity contribution in [2.45, 2.75) is 24.0 Å². The molecule has 2 N–H and O–H groups in total. The SMILES string of the molecule is NCc1c(C(F)F)ncc(S(=O)(=O)Cl)c1C(F)(F)F. The predicted molar refractivity (Wildman–Crippen MR) is 55.1 cm³/mol. The smallest absolute Gasteiger partial charge is 0.326 e. The maximum atomic E-state index is 12.8. The fourth-order valence-electron chi connectivity index (χ4n) is 1.44. The molecule has 1 heterocycles. The Kier molecular flexibility index (Phi) is 4.37. The lowest BCUT2D eigenvalue weighted by molar-refractivity contribution is -0.140. The van der Waals surface area contributed by atoms with E-state index in [2.05, 4.69) is 4.98 Å². The maximum absolute atomic E-state index is 12.8. The molecular formula is C8H6ClF5N2O2S. The molecule has 0 aliphatic carbocycles. The lowest BCUT2D eigenvalue weighted by Crippen LogP contribution is -2.19. The number of nitrogens with zero attached hydrogens (tertiary/aromatic N) is 1. The molecule has 108 valence electrons. The Labute approximate surface area is 108 Å². The second-order valence-electron chi connectivity index (χ2n) is 3.30. The van der Waals surface area contributed by atoms with Crippen molar-refractivity contribution in [3.05, 3.63) is 23.0 Å². The Balaban J connectivity index is 3.82. The largest absolute Gasteiger partial charge is 0.418 e. The number of nitrogens with two attached hydrogens (primary N) is 1. The minimum Gasteiger partial charge on any atom is -0.326 e. The van der Waals surface area contributed by atoms with Crippen LogP contribution in [0, 0.1) is 0 Å². The van der Waals surface area contributed by atoms with Gasteiger partial charge in [-0.25, -0.2) is 17.2 Å². The lowest BCUT2D eigenvalue weighted by atomic mass is 10.1. The molecule has 0 spiro atoms. The van der Waals surface area contributed by atoms with Crippen molar-refractivity contribution >= 4 is 19.7 Å². The van der Waals surface area contributed by atoms with Gasteiger partial charge in [0.1, 0.15) is 10.6 Å². The Morgan fingerprint density at radius 2 is 1.89 bits per heavy atom. The van der Waals surface area contributed by atoms with Gasteiger partial charge in [-0.2, -0.15) is 13.2 Å². The molecule has 0 fully saturated rings. The molecule has 0 bridgehead atoms. The van der Waals surface area contributed by atoms with E-state index in [1.165, 1.54) is 0 Å². The zero-order valence-electron chi connectivity index (χ0n) is 8.88. The average molecular weight is 325 g/mol. The summed E-state index contributed by atoms with van der Waals surface area (Å²) in [6.45, 7) is -0.957. The van der Waals surface area contributed by atoms with Gasteiger partial charge in [-0.3, -0.25) is 4.98 Å². The van der Waals surface area contributed by atoms with Gasteiger partial charge in [0.05, 0.1) is 5.56 Å². The summed E-state index contributed by atoms with van der Waals surface area (Å²) in [5.74, 6) is 0. The van der Waals surface area contributed by atoms with Crippen molar-refractivity contribution in [1.82, 2.24) is 4.98 Å². The van der Waals surface area contributed by atoms with E-state index in [0.717, 1.165) is 0 Å². The molecule has 0 aliphatic heterocycles. The number of aromatic nitrogens is 1. The van der Waals surface area contributed by atoms with Gasteiger partial charge in [0.2, 0.25) is 0 Å². The minimum absolute atomic E-state index is 0.145. The third kappa shape index (κ3) is 3.31. The maximum Gasteiger partial charge on any atom is 0.418 e. The lowest BCUT2D eigenvalue weighted by Gasteiger charge is -2.17. The van der Waals surface area contributed by atoms with Crippen molar-refractivity contribution in [2.75, 3.05) is 0 Å². The van der Waals surface area contributed by atoms with Crippen LogP contribution in [0.25, 0.3) is 0 Å². The van der Waals surface area contributed by atoms with E-state index in [-0.39, 0.29) is 6.20 Å². The van der Waals surface area contributed by atoms with Crippen LogP contribution in [0.15, 0.2) is 11.1 Å². The van der Waals surface area contributed by atoms with Crippen LogP contribution in [-0.2, 0) is 21.8 Å². The van der Waals surface area contributed by atoms with Gasteiger partial charge in [0.15, 0.2) is 0 Å². The van der Waals surface area contributed by atoms with Crippen molar-refractivity contribution in [3.8, 4) is 0 Å². The second kappa shape index (κ2) is 5.17. The van der Waals surface area contributed by atoms with Crippen LogP contribution < -0.4 is 5.73 Å². The van der Waals surface area contributed by atoms with Crippen LogP contribution in [0.4, 0.5) is 22.0 Å². The first kappa shape index (κ1) is 16.1. The monoisotopic (exact) mass is 324 g/mol. The molecule has 0 atom stereocenters. The molecule has 4 nitrogen and oxygen atoms in total. The Bertz CT molecular complexity index is 588. The molecule has 11 heteroatoms. The molecule has 0 saturated carbocycles. The molecule has 0 unspecified atom stereocenters. The van der Waals surface area contributed by atoms with E-state index < -0.39 is 49.9 Å². The summed E-state index contributed by atoms with van der Waals surface area (Å²) < 4.78 is 85.6. The molecule has 0 saturated heterocycles. The standard InChI is InChI=1S/C8H6ClF5N2O2S/c9-19(17,18)4-2-16-6(7(10)11)3(1-15)5(4)8(12,13)14/h2,7H,1,15H2.